The molecule has 0 radical (unpaired) electrons. The molecule has 0 unspecified atom stereocenters. The quantitative estimate of drug-likeness (QED) is 0.176. The molecule has 2 nitrogen and oxygen atoms in total. The van der Waals surface area contributed by atoms with Gasteiger partial charge in [-0.1, -0.05) is 146 Å². The van der Waals surface area contributed by atoms with Gasteiger partial charge in [0.05, 0.1) is 0 Å². The minimum absolute atomic E-state index is 0.153. The van der Waals surface area contributed by atoms with Crippen LogP contribution >= 0.6 is 0 Å². The van der Waals surface area contributed by atoms with Crippen LogP contribution in [0.4, 0.5) is 17.1 Å². The van der Waals surface area contributed by atoms with E-state index < -0.39 is 0 Å². The van der Waals surface area contributed by atoms with E-state index in [1.165, 1.54) is 44.5 Å². The zero-order chi connectivity index (χ0) is 34.6. The highest BCUT2D eigenvalue weighted by atomic mass is 16.1. The van der Waals surface area contributed by atoms with Crippen molar-refractivity contribution in [3.8, 4) is 55.6 Å². The summed E-state index contributed by atoms with van der Waals surface area (Å²) >= 11 is 0. The average Bonchev–Trinajstić information content (AvgIpc) is 3.74. The Labute approximate surface area is 303 Å². The van der Waals surface area contributed by atoms with Gasteiger partial charge in [0.2, 0.25) is 0 Å². The lowest BCUT2D eigenvalue weighted by Crippen LogP contribution is -2.09. The van der Waals surface area contributed by atoms with Crippen molar-refractivity contribution >= 4 is 22.8 Å². The number of carbonyl (C=O) groups excluding carboxylic acids is 1. The van der Waals surface area contributed by atoms with Gasteiger partial charge < -0.3 is 4.90 Å². The predicted octanol–water partition coefficient (Wildman–Crippen LogP) is 12.9. The summed E-state index contributed by atoms with van der Waals surface area (Å²) in [7, 11) is 0. The first kappa shape index (κ1) is 30.1. The molecule has 0 bridgehead atoms. The summed E-state index contributed by atoms with van der Waals surface area (Å²) < 4.78 is 0. The number of ketones is 1. The molecule has 244 valence electrons. The van der Waals surface area contributed by atoms with E-state index in [2.05, 4.69) is 175 Å². The fourth-order valence-electron chi connectivity index (χ4n) is 8.09. The van der Waals surface area contributed by atoms with Gasteiger partial charge in [0.15, 0.2) is 5.78 Å². The molecule has 0 amide bonds. The van der Waals surface area contributed by atoms with Crippen LogP contribution in [0.25, 0.3) is 55.6 Å². The number of anilines is 3. The SMILES string of the molecule is O=C1c2ccccc2-c2ccc3c(c21)Cc1ccc(-c2ccc(N(c4ccc(-c5ccccc5)cc4)c4ccc(-c5ccccc5)cc4)cc2)cc1-3. The molecule has 0 atom stereocenters. The van der Waals surface area contributed by atoms with E-state index in [9.17, 15) is 4.79 Å². The average molecular weight is 664 g/mol. The van der Waals surface area contributed by atoms with Crippen molar-refractivity contribution in [1.29, 1.82) is 0 Å². The van der Waals surface area contributed by atoms with Crippen LogP contribution in [0.3, 0.4) is 0 Å². The summed E-state index contributed by atoms with van der Waals surface area (Å²) in [6.45, 7) is 0. The molecule has 0 saturated carbocycles. The monoisotopic (exact) mass is 663 g/mol. The molecule has 2 heteroatoms. The Morgan fingerprint density at radius 3 is 1.35 bits per heavy atom. The number of rotatable bonds is 6. The van der Waals surface area contributed by atoms with E-state index in [4.69, 9.17) is 0 Å². The van der Waals surface area contributed by atoms with Gasteiger partial charge in [-0.25, -0.2) is 0 Å². The van der Waals surface area contributed by atoms with Gasteiger partial charge >= 0.3 is 0 Å². The fraction of sp³-hybridized carbons (Fsp3) is 0.0200. The Balaban J connectivity index is 0.996. The van der Waals surface area contributed by atoms with Gasteiger partial charge in [-0.2, -0.15) is 0 Å². The van der Waals surface area contributed by atoms with E-state index in [-0.39, 0.29) is 5.78 Å². The molecular formula is C50H33NO. The molecule has 2 aliphatic rings. The molecule has 0 aliphatic heterocycles. The number of nitrogens with zero attached hydrogens (tertiary/aromatic N) is 1. The summed E-state index contributed by atoms with van der Waals surface area (Å²) in [6.07, 6.45) is 0.786. The van der Waals surface area contributed by atoms with Crippen LogP contribution in [0.15, 0.2) is 188 Å². The molecule has 0 spiro atoms. The van der Waals surface area contributed by atoms with Gasteiger partial charge in [-0.15, -0.1) is 0 Å². The molecule has 52 heavy (non-hydrogen) atoms. The van der Waals surface area contributed by atoms with Crippen LogP contribution in [0.5, 0.6) is 0 Å². The number of hydrogen-bond acceptors (Lipinski definition) is 2. The van der Waals surface area contributed by atoms with E-state index in [0.717, 1.165) is 56.9 Å². The third kappa shape index (κ3) is 5.00. The van der Waals surface area contributed by atoms with Gasteiger partial charge in [0.25, 0.3) is 0 Å². The predicted molar refractivity (Wildman–Crippen MR) is 215 cm³/mol. The molecule has 8 aromatic rings. The van der Waals surface area contributed by atoms with E-state index >= 15 is 0 Å². The summed E-state index contributed by atoms with van der Waals surface area (Å²) in [5.41, 5.74) is 19.0. The zero-order valence-electron chi connectivity index (χ0n) is 28.5. The van der Waals surface area contributed by atoms with Crippen LogP contribution in [0.2, 0.25) is 0 Å². The molecule has 0 heterocycles. The van der Waals surface area contributed by atoms with Crippen molar-refractivity contribution in [2.45, 2.75) is 6.42 Å². The topological polar surface area (TPSA) is 20.3 Å². The minimum atomic E-state index is 0.153. The second kappa shape index (κ2) is 12.2. The molecule has 8 aromatic carbocycles. The van der Waals surface area contributed by atoms with Gasteiger partial charge in [0, 0.05) is 28.2 Å². The molecule has 0 saturated heterocycles. The van der Waals surface area contributed by atoms with E-state index in [1.807, 2.05) is 18.2 Å². The Hall–Kier alpha value is -6.77. The lowest BCUT2D eigenvalue weighted by molar-refractivity contribution is 0.104. The third-order valence-electron chi connectivity index (χ3n) is 10.7. The van der Waals surface area contributed by atoms with E-state index in [0.29, 0.717) is 0 Å². The highest BCUT2D eigenvalue weighted by molar-refractivity contribution is 6.23. The standard InChI is InChI=1S/C50H33NO/c52-50-46-14-8-7-13-43(46)45-30-29-44-47-31-38(15-16-39(47)32-48(44)49(45)50)37-21-27-42(28-22-37)51(40-23-17-35(18-24-40)33-9-3-1-4-10-33)41-25-19-36(20-26-41)34-11-5-2-6-12-34/h1-31H,32H2. The number of fused-ring (bicyclic) bond motifs is 7. The second-order valence-electron chi connectivity index (χ2n) is 13.6. The maximum atomic E-state index is 13.5. The van der Waals surface area contributed by atoms with Crippen LogP contribution in [0.1, 0.15) is 27.0 Å². The number of benzene rings is 8. The summed E-state index contributed by atoms with van der Waals surface area (Å²) in [6, 6.07) is 66.7. The Morgan fingerprint density at radius 2 is 0.788 bits per heavy atom. The Kier molecular flexibility index (Phi) is 7.07. The van der Waals surface area contributed by atoms with Gasteiger partial charge in [0.1, 0.15) is 0 Å². The highest BCUT2D eigenvalue weighted by Gasteiger charge is 2.33. The molecule has 0 fully saturated rings. The molecule has 2 aliphatic carbocycles. The third-order valence-corrected chi connectivity index (χ3v) is 10.7. The Bertz CT molecular complexity index is 2540. The highest BCUT2D eigenvalue weighted by Crippen LogP contribution is 2.47. The van der Waals surface area contributed by atoms with Crippen molar-refractivity contribution < 1.29 is 4.79 Å². The summed E-state index contributed by atoms with van der Waals surface area (Å²) in [5, 5.41) is 0. The maximum Gasteiger partial charge on any atom is 0.194 e. The van der Waals surface area contributed by atoms with Crippen molar-refractivity contribution in [1.82, 2.24) is 0 Å². The van der Waals surface area contributed by atoms with Crippen molar-refractivity contribution in [2.24, 2.45) is 0 Å². The first-order valence-electron chi connectivity index (χ1n) is 17.8. The lowest BCUT2D eigenvalue weighted by Gasteiger charge is -2.26. The summed E-state index contributed by atoms with van der Waals surface area (Å²) in [4.78, 5) is 15.9. The van der Waals surface area contributed by atoms with Crippen molar-refractivity contribution in [2.75, 3.05) is 4.90 Å². The largest absolute Gasteiger partial charge is 0.311 e. The molecule has 0 N–H and O–H groups in total. The van der Waals surface area contributed by atoms with Crippen LogP contribution in [0, 0.1) is 0 Å². The van der Waals surface area contributed by atoms with Crippen LogP contribution < -0.4 is 4.90 Å². The summed E-state index contributed by atoms with van der Waals surface area (Å²) in [5.74, 6) is 0.153. The van der Waals surface area contributed by atoms with Crippen molar-refractivity contribution in [3.63, 3.8) is 0 Å². The van der Waals surface area contributed by atoms with Crippen LogP contribution in [-0.4, -0.2) is 5.78 Å². The first-order valence-corrected chi connectivity index (χ1v) is 17.8. The van der Waals surface area contributed by atoms with E-state index in [1.54, 1.807) is 0 Å². The van der Waals surface area contributed by atoms with Crippen LogP contribution in [-0.2, 0) is 6.42 Å². The number of hydrogen-bond donors (Lipinski definition) is 0. The minimum Gasteiger partial charge on any atom is -0.311 e. The fourth-order valence-corrected chi connectivity index (χ4v) is 8.09. The van der Waals surface area contributed by atoms with Gasteiger partial charge in [-0.05, 0) is 116 Å². The maximum absolute atomic E-state index is 13.5. The molecule has 10 rings (SSSR count). The zero-order valence-corrected chi connectivity index (χ0v) is 28.5. The molecular weight excluding hydrogens is 631 g/mol. The first-order chi connectivity index (χ1) is 25.7. The Morgan fingerprint density at radius 1 is 0.346 bits per heavy atom. The number of carbonyl (C=O) groups is 1. The van der Waals surface area contributed by atoms with Crippen molar-refractivity contribution in [3.05, 3.63) is 210 Å². The smallest absolute Gasteiger partial charge is 0.194 e. The lowest BCUT2D eigenvalue weighted by atomic mass is 9.95. The normalized spacial score (nSPS) is 12.2. The molecule has 0 aromatic heterocycles. The van der Waals surface area contributed by atoms with Gasteiger partial charge in [-0.3, -0.25) is 4.79 Å². The second-order valence-corrected chi connectivity index (χ2v) is 13.6.